The molecule has 0 N–H and O–H groups in total. The Labute approximate surface area is 144 Å². The van der Waals surface area contributed by atoms with Crippen LogP contribution in [-0.2, 0) is 16.6 Å². The van der Waals surface area contributed by atoms with Crippen LogP contribution in [0.25, 0.3) is 0 Å². The van der Waals surface area contributed by atoms with E-state index in [9.17, 15) is 4.79 Å². The lowest BCUT2D eigenvalue weighted by molar-refractivity contribution is 0.00701. The molecule has 2 aliphatic rings. The van der Waals surface area contributed by atoms with Gasteiger partial charge in [-0.3, -0.25) is 0 Å². The van der Waals surface area contributed by atoms with Gasteiger partial charge < -0.3 is 14.2 Å². The molecule has 1 saturated heterocycles. The Morgan fingerprint density at radius 1 is 1.38 bits per heavy atom. The Hall–Kier alpha value is -1.52. The predicted molar refractivity (Wildman–Crippen MR) is 91.9 cm³/mol. The molecule has 2 atom stereocenters. The average Bonchev–Trinajstić information content (AvgIpc) is 2.79. The van der Waals surface area contributed by atoms with Crippen molar-refractivity contribution in [3.63, 3.8) is 0 Å². The molecule has 1 fully saturated rings. The van der Waals surface area contributed by atoms with Crippen molar-refractivity contribution >= 4 is 6.09 Å². The number of likely N-dealkylation sites (tertiary alicyclic amines) is 1. The van der Waals surface area contributed by atoms with Crippen molar-refractivity contribution in [1.82, 2.24) is 10.1 Å². The van der Waals surface area contributed by atoms with E-state index < -0.39 is 5.60 Å². The molecule has 3 rings (SSSR count). The first-order chi connectivity index (χ1) is 11.0. The van der Waals surface area contributed by atoms with Crippen molar-refractivity contribution in [2.75, 3.05) is 13.1 Å². The molecule has 2 heterocycles. The Morgan fingerprint density at radius 3 is 2.75 bits per heavy atom. The maximum absolute atomic E-state index is 12.6. The maximum atomic E-state index is 12.6. The average molecular weight is 334 g/mol. The molecular formula is C19H30N2O3. The van der Waals surface area contributed by atoms with Gasteiger partial charge in [0, 0.05) is 24.1 Å². The third-order valence-electron chi connectivity index (χ3n) is 5.66. The number of amides is 1. The third-order valence-corrected chi connectivity index (χ3v) is 5.66. The van der Waals surface area contributed by atoms with E-state index in [1.807, 2.05) is 31.9 Å². The highest BCUT2D eigenvalue weighted by molar-refractivity contribution is 5.68. The van der Waals surface area contributed by atoms with Gasteiger partial charge in [-0.25, -0.2) is 4.79 Å². The van der Waals surface area contributed by atoms with Crippen molar-refractivity contribution in [3.05, 3.63) is 17.5 Å². The molecule has 1 aliphatic heterocycles. The number of ether oxygens (including phenoxy) is 1. The molecule has 0 spiro atoms. The van der Waals surface area contributed by atoms with Crippen molar-refractivity contribution in [3.8, 4) is 0 Å². The normalized spacial score (nSPS) is 29.4. The van der Waals surface area contributed by atoms with Crippen LogP contribution in [0.5, 0.6) is 0 Å². The number of rotatable bonds is 0. The summed E-state index contributed by atoms with van der Waals surface area (Å²) in [6.45, 7) is 14.0. The van der Waals surface area contributed by atoms with Crippen LogP contribution >= 0.6 is 0 Å². The Morgan fingerprint density at radius 2 is 2.08 bits per heavy atom. The van der Waals surface area contributed by atoms with E-state index in [-0.39, 0.29) is 16.9 Å². The van der Waals surface area contributed by atoms with Crippen molar-refractivity contribution in [2.45, 2.75) is 71.8 Å². The van der Waals surface area contributed by atoms with E-state index in [2.05, 4.69) is 25.9 Å². The molecule has 0 saturated carbocycles. The summed E-state index contributed by atoms with van der Waals surface area (Å²) >= 11 is 0. The second-order valence-corrected chi connectivity index (χ2v) is 9.33. The largest absolute Gasteiger partial charge is 0.444 e. The molecule has 5 heteroatoms. The standard InChI is InChI=1S/C19H30N2O3/c1-17(2,3)23-16(22)21-9-7-8-14-18(4,5)15-13(11-20-24-15)10-19(14,6)12-21/h11,14H,7-10,12H2,1-6H3/t14-,19+/m1/s1. The van der Waals surface area contributed by atoms with Gasteiger partial charge in [-0.05, 0) is 51.4 Å². The Kier molecular flexibility index (Phi) is 3.97. The first-order valence-corrected chi connectivity index (χ1v) is 8.95. The third kappa shape index (κ3) is 2.93. The minimum absolute atomic E-state index is 0.00938. The number of carbonyl (C=O) groups excluding carboxylic acids is 1. The number of nitrogens with zero attached hydrogens (tertiary/aromatic N) is 2. The zero-order valence-corrected chi connectivity index (χ0v) is 15.8. The van der Waals surface area contributed by atoms with Crippen LogP contribution in [-0.4, -0.2) is 34.8 Å². The summed E-state index contributed by atoms with van der Waals surface area (Å²) in [5, 5.41) is 4.03. The van der Waals surface area contributed by atoms with Crippen LogP contribution in [0.1, 0.15) is 65.7 Å². The Bertz CT molecular complexity index is 629. The molecule has 0 bridgehead atoms. The second-order valence-electron chi connectivity index (χ2n) is 9.33. The van der Waals surface area contributed by atoms with E-state index in [1.165, 1.54) is 5.56 Å². The van der Waals surface area contributed by atoms with Crippen LogP contribution in [0.4, 0.5) is 4.79 Å². The van der Waals surface area contributed by atoms with Gasteiger partial charge in [0.2, 0.25) is 0 Å². The summed E-state index contributed by atoms with van der Waals surface area (Å²) in [6.07, 6.45) is 4.63. The first kappa shape index (κ1) is 17.3. The number of fused-ring (bicyclic) bond motifs is 2. The van der Waals surface area contributed by atoms with E-state index in [0.29, 0.717) is 5.92 Å². The van der Waals surface area contributed by atoms with Gasteiger partial charge in [0.25, 0.3) is 0 Å². The monoisotopic (exact) mass is 334 g/mol. The van der Waals surface area contributed by atoms with Crippen LogP contribution in [0.3, 0.4) is 0 Å². The fraction of sp³-hybridized carbons (Fsp3) is 0.789. The lowest BCUT2D eigenvalue weighted by Crippen LogP contribution is -2.51. The molecule has 5 nitrogen and oxygen atoms in total. The minimum Gasteiger partial charge on any atom is -0.444 e. The minimum atomic E-state index is -0.461. The molecule has 134 valence electrons. The zero-order valence-electron chi connectivity index (χ0n) is 15.8. The van der Waals surface area contributed by atoms with Crippen LogP contribution in [0, 0.1) is 11.3 Å². The van der Waals surface area contributed by atoms with Crippen molar-refractivity contribution in [1.29, 1.82) is 0 Å². The summed E-state index contributed by atoms with van der Waals surface area (Å²) in [5.74, 6) is 1.48. The molecular weight excluding hydrogens is 304 g/mol. The predicted octanol–water partition coefficient (Wildman–Crippen LogP) is 4.16. The molecule has 0 aromatic carbocycles. The van der Waals surface area contributed by atoms with E-state index >= 15 is 0 Å². The maximum Gasteiger partial charge on any atom is 0.410 e. The van der Waals surface area contributed by atoms with Gasteiger partial charge in [-0.1, -0.05) is 25.9 Å². The number of hydrogen-bond donors (Lipinski definition) is 0. The number of aromatic nitrogens is 1. The molecule has 0 radical (unpaired) electrons. The summed E-state index contributed by atoms with van der Waals surface area (Å²) in [6, 6.07) is 0. The lowest BCUT2D eigenvalue weighted by atomic mass is 9.55. The fourth-order valence-corrected chi connectivity index (χ4v) is 4.86. The quantitative estimate of drug-likeness (QED) is 0.715. The molecule has 1 amide bonds. The van der Waals surface area contributed by atoms with E-state index in [4.69, 9.17) is 9.26 Å². The number of carbonyl (C=O) groups is 1. The van der Waals surface area contributed by atoms with Gasteiger partial charge in [0.1, 0.15) is 11.4 Å². The van der Waals surface area contributed by atoms with Crippen molar-refractivity contribution in [2.24, 2.45) is 11.3 Å². The van der Waals surface area contributed by atoms with E-state index in [0.717, 1.165) is 38.1 Å². The highest BCUT2D eigenvalue weighted by Crippen LogP contribution is 2.53. The van der Waals surface area contributed by atoms with Crippen molar-refractivity contribution < 1.29 is 14.1 Å². The van der Waals surface area contributed by atoms with Crippen LogP contribution < -0.4 is 0 Å². The molecule has 0 unspecified atom stereocenters. The lowest BCUT2D eigenvalue weighted by Gasteiger charge is -2.49. The topological polar surface area (TPSA) is 55.6 Å². The molecule has 24 heavy (non-hydrogen) atoms. The summed E-state index contributed by atoms with van der Waals surface area (Å²) in [5.41, 5.74) is 0.667. The molecule has 1 aromatic rings. The zero-order chi connectivity index (χ0) is 17.8. The van der Waals surface area contributed by atoms with Crippen LogP contribution in [0.2, 0.25) is 0 Å². The van der Waals surface area contributed by atoms with E-state index in [1.54, 1.807) is 0 Å². The van der Waals surface area contributed by atoms with Gasteiger partial charge in [0.15, 0.2) is 0 Å². The van der Waals surface area contributed by atoms with Gasteiger partial charge in [-0.2, -0.15) is 0 Å². The van der Waals surface area contributed by atoms with Gasteiger partial charge in [-0.15, -0.1) is 0 Å². The second kappa shape index (κ2) is 5.50. The first-order valence-electron chi connectivity index (χ1n) is 8.95. The summed E-state index contributed by atoms with van der Waals surface area (Å²) < 4.78 is 11.2. The molecule has 1 aromatic heterocycles. The SMILES string of the molecule is CC(C)(C)OC(=O)N1CCC[C@@H]2C(C)(C)c3oncc3C[C@@]2(C)C1. The highest BCUT2D eigenvalue weighted by atomic mass is 16.6. The smallest absolute Gasteiger partial charge is 0.410 e. The van der Waals surface area contributed by atoms with Gasteiger partial charge >= 0.3 is 6.09 Å². The Balaban J connectivity index is 1.89. The number of hydrogen-bond acceptors (Lipinski definition) is 4. The summed E-state index contributed by atoms with van der Waals surface area (Å²) in [7, 11) is 0. The van der Waals surface area contributed by atoms with Crippen LogP contribution in [0.15, 0.2) is 10.7 Å². The fourth-order valence-electron chi connectivity index (χ4n) is 4.86. The summed E-state index contributed by atoms with van der Waals surface area (Å²) in [4.78, 5) is 14.5. The molecule has 1 aliphatic carbocycles. The van der Waals surface area contributed by atoms with Gasteiger partial charge in [0.05, 0.1) is 6.20 Å². The highest BCUT2D eigenvalue weighted by Gasteiger charge is 2.53.